The number of fused-ring (bicyclic) bond motifs is 1. The summed E-state index contributed by atoms with van der Waals surface area (Å²) >= 11 is 1.65. The van der Waals surface area contributed by atoms with Crippen LogP contribution in [0.15, 0.2) is 71.6 Å². The van der Waals surface area contributed by atoms with E-state index >= 15 is 0 Å². The molecular formula is C40H47F3N4O2S. The first kappa shape index (κ1) is 36.2. The third kappa shape index (κ3) is 8.64. The van der Waals surface area contributed by atoms with Crippen molar-refractivity contribution in [2.24, 2.45) is 0 Å². The monoisotopic (exact) mass is 704 g/mol. The molecule has 0 atom stereocenters. The summed E-state index contributed by atoms with van der Waals surface area (Å²) in [7, 11) is 0. The van der Waals surface area contributed by atoms with Gasteiger partial charge in [-0.1, -0.05) is 62.7 Å². The van der Waals surface area contributed by atoms with Crippen LogP contribution in [-0.4, -0.2) is 64.8 Å². The van der Waals surface area contributed by atoms with Gasteiger partial charge in [-0.2, -0.15) is 13.2 Å². The minimum atomic E-state index is -4.52. The number of aromatic nitrogens is 1. The zero-order chi connectivity index (χ0) is 35.3. The first-order valence-electron chi connectivity index (χ1n) is 17.9. The Kier molecular flexibility index (Phi) is 11.7. The number of benzene rings is 3. The number of pyridine rings is 1. The van der Waals surface area contributed by atoms with Crippen LogP contribution >= 0.6 is 11.8 Å². The lowest BCUT2D eigenvalue weighted by atomic mass is 9.93. The molecule has 2 aliphatic heterocycles. The van der Waals surface area contributed by atoms with Gasteiger partial charge < -0.3 is 15.0 Å². The predicted octanol–water partition coefficient (Wildman–Crippen LogP) is 9.20. The van der Waals surface area contributed by atoms with Gasteiger partial charge in [0.2, 0.25) is 0 Å². The van der Waals surface area contributed by atoms with E-state index in [1.807, 2.05) is 49.4 Å². The van der Waals surface area contributed by atoms with Crippen LogP contribution in [0, 0.1) is 0 Å². The number of thioether (sulfide) groups is 1. The van der Waals surface area contributed by atoms with Crippen LogP contribution in [-0.2, 0) is 19.3 Å². The van der Waals surface area contributed by atoms with Crippen LogP contribution in [0.3, 0.4) is 0 Å². The van der Waals surface area contributed by atoms with Gasteiger partial charge in [0.05, 0.1) is 33.8 Å². The second-order valence-electron chi connectivity index (χ2n) is 13.6. The van der Waals surface area contributed by atoms with E-state index in [1.165, 1.54) is 25.3 Å². The minimum absolute atomic E-state index is 0.250. The summed E-state index contributed by atoms with van der Waals surface area (Å²) < 4.78 is 48.2. The number of nitrogens with one attached hydrogen (secondary N) is 1. The highest BCUT2D eigenvalue weighted by atomic mass is 32.2. The van der Waals surface area contributed by atoms with E-state index in [1.54, 1.807) is 17.8 Å². The van der Waals surface area contributed by atoms with Crippen LogP contribution in [0.5, 0.6) is 5.75 Å². The summed E-state index contributed by atoms with van der Waals surface area (Å²) in [6, 6.07) is 19.4. The quantitative estimate of drug-likeness (QED) is 0.157. The van der Waals surface area contributed by atoms with Crippen LogP contribution in [0.2, 0.25) is 0 Å². The summed E-state index contributed by atoms with van der Waals surface area (Å²) in [5.74, 6) is 0.363. The number of piperidine rings is 2. The highest BCUT2D eigenvalue weighted by molar-refractivity contribution is 8.00. The van der Waals surface area contributed by atoms with Gasteiger partial charge >= 0.3 is 6.18 Å². The highest BCUT2D eigenvalue weighted by Gasteiger charge is 2.32. The third-order valence-electron chi connectivity index (χ3n) is 9.65. The maximum atomic E-state index is 14.5. The van der Waals surface area contributed by atoms with Gasteiger partial charge in [0.1, 0.15) is 5.75 Å². The summed E-state index contributed by atoms with van der Waals surface area (Å²) in [5, 5.41) is 4.05. The Labute approximate surface area is 297 Å². The van der Waals surface area contributed by atoms with Crippen molar-refractivity contribution in [3.05, 3.63) is 89.0 Å². The maximum Gasteiger partial charge on any atom is 0.416 e. The number of hydrogen-bond donors (Lipinski definition) is 1. The predicted molar refractivity (Wildman–Crippen MR) is 196 cm³/mol. The molecular weight excluding hydrogens is 658 g/mol. The van der Waals surface area contributed by atoms with Gasteiger partial charge in [-0.05, 0) is 82.5 Å². The molecule has 0 radical (unpaired) electrons. The van der Waals surface area contributed by atoms with Gasteiger partial charge in [0.25, 0.3) is 5.91 Å². The average molecular weight is 705 g/mol. The number of rotatable bonds is 11. The molecule has 1 N–H and O–H groups in total. The molecule has 4 aromatic rings. The van der Waals surface area contributed by atoms with Gasteiger partial charge in [0, 0.05) is 47.0 Å². The van der Waals surface area contributed by atoms with E-state index in [2.05, 4.69) is 29.0 Å². The largest absolute Gasteiger partial charge is 0.493 e. The van der Waals surface area contributed by atoms with E-state index in [4.69, 9.17) is 9.72 Å². The summed E-state index contributed by atoms with van der Waals surface area (Å²) in [5.41, 5.74) is 2.52. The van der Waals surface area contributed by atoms with Gasteiger partial charge in [-0.3, -0.25) is 9.69 Å². The van der Waals surface area contributed by atoms with Crippen LogP contribution in [0.1, 0.15) is 79.9 Å². The molecule has 10 heteroatoms. The summed E-state index contributed by atoms with van der Waals surface area (Å²) in [6.45, 7) is 11.2. The molecule has 3 aromatic carbocycles. The van der Waals surface area contributed by atoms with Crippen molar-refractivity contribution in [3.63, 3.8) is 0 Å². The number of carbonyl (C=O) groups excluding carboxylic acids is 1. The molecule has 1 aromatic heterocycles. The minimum Gasteiger partial charge on any atom is -0.493 e. The number of likely N-dealkylation sites (tertiary alicyclic amines) is 2. The molecule has 3 heterocycles. The second-order valence-corrected chi connectivity index (χ2v) is 15.2. The second kappa shape index (κ2) is 16.2. The van der Waals surface area contributed by atoms with E-state index < -0.39 is 11.7 Å². The number of ether oxygens (including phenoxy) is 1. The zero-order valence-electron chi connectivity index (χ0n) is 29.2. The van der Waals surface area contributed by atoms with Crippen molar-refractivity contribution >= 4 is 28.6 Å². The van der Waals surface area contributed by atoms with E-state index in [9.17, 15) is 18.0 Å². The van der Waals surface area contributed by atoms with Crippen LogP contribution in [0.4, 0.5) is 13.2 Å². The molecule has 0 spiro atoms. The van der Waals surface area contributed by atoms with E-state index in [0.717, 1.165) is 61.6 Å². The number of carbonyl (C=O) groups is 1. The number of halogens is 3. The normalized spacial score (nSPS) is 16.6. The average Bonchev–Trinajstić information content (AvgIpc) is 3.11. The fourth-order valence-electron chi connectivity index (χ4n) is 7.24. The van der Waals surface area contributed by atoms with Crippen molar-refractivity contribution in [1.29, 1.82) is 0 Å². The topological polar surface area (TPSA) is 57.7 Å². The van der Waals surface area contributed by atoms with Crippen molar-refractivity contribution in [2.45, 2.75) is 88.3 Å². The lowest BCUT2D eigenvalue weighted by Crippen LogP contribution is -2.46. The molecule has 6 rings (SSSR count). The number of alkyl halides is 3. The molecule has 50 heavy (non-hydrogen) atoms. The number of nitrogens with zero attached hydrogens (tertiary/aromatic N) is 3. The lowest BCUT2D eigenvalue weighted by Gasteiger charge is -2.40. The molecule has 1 amide bonds. The van der Waals surface area contributed by atoms with E-state index in [0.29, 0.717) is 64.8 Å². The first-order valence-corrected chi connectivity index (χ1v) is 18.7. The van der Waals surface area contributed by atoms with Gasteiger partial charge in [-0.15, -0.1) is 11.8 Å². The van der Waals surface area contributed by atoms with E-state index in [-0.39, 0.29) is 11.2 Å². The molecule has 6 nitrogen and oxygen atoms in total. The zero-order valence-corrected chi connectivity index (χ0v) is 30.0. The molecule has 0 bridgehead atoms. The molecule has 0 aliphatic carbocycles. The first-order chi connectivity index (χ1) is 24.1. The summed E-state index contributed by atoms with van der Waals surface area (Å²) in [4.78, 5) is 25.5. The Morgan fingerprint density at radius 2 is 1.72 bits per heavy atom. The molecule has 2 saturated heterocycles. The smallest absolute Gasteiger partial charge is 0.416 e. The molecule has 266 valence electrons. The highest BCUT2D eigenvalue weighted by Crippen LogP contribution is 2.41. The Morgan fingerprint density at radius 1 is 0.980 bits per heavy atom. The van der Waals surface area contributed by atoms with Crippen LogP contribution < -0.4 is 10.1 Å². The maximum absolute atomic E-state index is 14.5. The third-order valence-corrected chi connectivity index (χ3v) is 10.7. The standard InChI is InChI=1S/C40H47F3N4O2S/c1-4-49-35-24-34-32(23-36(35)50-27(2)3)37(39(48)44-25-28-12-7-5-8-13-28)33(38(45-34)29-14-11-15-30(22-29)40(41,42)43)26-46-20-16-31(17-21-46)47-18-9-6-10-19-47/h5,7-8,11-15,22-24,27,31H,4,6,9-10,16-21,25-26H2,1-3H3,(H,44,48). The van der Waals surface area contributed by atoms with Crippen LogP contribution in [0.25, 0.3) is 22.2 Å². The lowest BCUT2D eigenvalue weighted by molar-refractivity contribution is -0.137. The van der Waals surface area contributed by atoms with Crippen molar-refractivity contribution in [3.8, 4) is 17.0 Å². The summed E-state index contributed by atoms with van der Waals surface area (Å²) in [6.07, 6.45) is 1.29. The number of amides is 1. The Bertz CT molecular complexity index is 1770. The molecule has 2 aliphatic rings. The number of hydrogen-bond acceptors (Lipinski definition) is 6. The fourth-order valence-corrected chi connectivity index (χ4v) is 8.16. The van der Waals surface area contributed by atoms with Gasteiger partial charge in [0.15, 0.2) is 0 Å². The van der Waals surface area contributed by atoms with Crippen molar-refractivity contribution in [2.75, 3.05) is 32.8 Å². The fraction of sp³-hybridized carbons (Fsp3) is 0.450. The SMILES string of the molecule is CCOc1cc2nc(-c3cccc(C(F)(F)F)c3)c(CN3CCC(N4CCCCC4)CC3)c(C(=O)NCc3ccccc3)c2cc1SC(C)C. The molecule has 0 saturated carbocycles. The molecule has 2 fully saturated rings. The Hall–Kier alpha value is -3.60. The van der Waals surface area contributed by atoms with Crippen molar-refractivity contribution in [1.82, 2.24) is 20.1 Å². The Balaban J connectivity index is 1.49. The molecule has 0 unspecified atom stereocenters. The van der Waals surface area contributed by atoms with Gasteiger partial charge in [-0.25, -0.2) is 4.98 Å². The van der Waals surface area contributed by atoms with Crippen molar-refractivity contribution < 1.29 is 22.7 Å². The Morgan fingerprint density at radius 3 is 2.40 bits per heavy atom.